The molecule has 4 heterocycles. The van der Waals surface area contributed by atoms with Crippen LogP contribution in [0.15, 0.2) is 49.2 Å². The fraction of sp³-hybridized carbons (Fsp3) is 0. The lowest BCUT2D eigenvalue weighted by atomic mass is 10.2. The van der Waals surface area contributed by atoms with E-state index in [1.165, 1.54) is 0 Å². The predicted octanol–water partition coefficient (Wildman–Crippen LogP) is 2.43. The summed E-state index contributed by atoms with van der Waals surface area (Å²) >= 11 is 0. The van der Waals surface area contributed by atoms with Gasteiger partial charge in [-0.15, -0.1) is 0 Å². The first-order chi connectivity index (χ1) is 8.45. The minimum Gasteiger partial charge on any atom is -0.299 e. The van der Waals surface area contributed by atoms with Crippen LogP contribution >= 0.6 is 0 Å². The van der Waals surface area contributed by atoms with Crippen LogP contribution in [0.2, 0.25) is 0 Å². The zero-order valence-electron chi connectivity index (χ0n) is 8.91. The molecule has 4 aromatic rings. The lowest BCUT2D eigenvalue weighted by Crippen LogP contribution is -1.93. The van der Waals surface area contributed by atoms with Gasteiger partial charge in [0, 0.05) is 29.4 Å². The Labute approximate surface area is 96.6 Å². The number of aromatic nitrogens is 4. The quantitative estimate of drug-likeness (QED) is 0.427. The summed E-state index contributed by atoms with van der Waals surface area (Å²) in [5.74, 6) is 0. The van der Waals surface area contributed by atoms with E-state index in [0.29, 0.717) is 0 Å². The first-order valence-corrected chi connectivity index (χ1v) is 5.38. The van der Waals surface area contributed by atoms with E-state index >= 15 is 0 Å². The van der Waals surface area contributed by atoms with Crippen molar-refractivity contribution in [1.82, 2.24) is 19.4 Å². The van der Waals surface area contributed by atoms with Gasteiger partial charge in [0.05, 0.1) is 11.0 Å². The van der Waals surface area contributed by atoms with Gasteiger partial charge in [-0.25, -0.2) is 15.0 Å². The van der Waals surface area contributed by atoms with Gasteiger partial charge in [0.2, 0.25) is 0 Å². The molecule has 0 fully saturated rings. The third kappa shape index (κ3) is 1.04. The highest BCUT2D eigenvalue weighted by atomic mass is 15.0. The van der Waals surface area contributed by atoms with Gasteiger partial charge < -0.3 is 0 Å². The molecule has 4 heteroatoms. The van der Waals surface area contributed by atoms with Gasteiger partial charge in [0.25, 0.3) is 0 Å². The molecule has 0 aliphatic carbocycles. The summed E-state index contributed by atoms with van der Waals surface area (Å²) in [5, 5.41) is 2.12. The Hall–Kier alpha value is -2.49. The van der Waals surface area contributed by atoms with E-state index in [4.69, 9.17) is 0 Å². The Kier molecular flexibility index (Phi) is 1.53. The highest BCUT2D eigenvalue weighted by molar-refractivity contribution is 6.09. The molecule has 0 radical (unpaired) electrons. The van der Waals surface area contributed by atoms with Crippen molar-refractivity contribution < 1.29 is 0 Å². The van der Waals surface area contributed by atoms with Crippen LogP contribution in [-0.2, 0) is 0 Å². The van der Waals surface area contributed by atoms with E-state index in [9.17, 15) is 0 Å². The van der Waals surface area contributed by atoms with Crippen molar-refractivity contribution in [2.75, 3.05) is 0 Å². The standard InChI is InChI=1S/C13H8N4/c1-3-9-10-7-14-8-16-12(10)11-4-2-6-17(11)13(9)15-5-1/h1-8H. The zero-order valence-corrected chi connectivity index (χ0v) is 8.91. The van der Waals surface area contributed by atoms with Gasteiger partial charge in [-0.3, -0.25) is 4.40 Å². The summed E-state index contributed by atoms with van der Waals surface area (Å²) in [7, 11) is 0. The summed E-state index contributed by atoms with van der Waals surface area (Å²) in [6.45, 7) is 0. The van der Waals surface area contributed by atoms with E-state index in [-0.39, 0.29) is 0 Å². The first-order valence-electron chi connectivity index (χ1n) is 5.38. The lowest BCUT2D eigenvalue weighted by molar-refractivity contribution is 1.18. The van der Waals surface area contributed by atoms with Crippen molar-refractivity contribution in [2.45, 2.75) is 0 Å². The van der Waals surface area contributed by atoms with Crippen molar-refractivity contribution in [1.29, 1.82) is 0 Å². The third-order valence-corrected chi connectivity index (χ3v) is 3.01. The molecule has 0 N–H and O–H groups in total. The normalized spacial score (nSPS) is 11.5. The van der Waals surface area contributed by atoms with Crippen LogP contribution in [0, 0.1) is 0 Å². The second-order valence-corrected chi connectivity index (χ2v) is 3.92. The molecule has 0 aliphatic heterocycles. The second kappa shape index (κ2) is 3.01. The highest BCUT2D eigenvalue weighted by Gasteiger charge is 2.08. The van der Waals surface area contributed by atoms with E-state index in [0.717, 1.165) is 27.5 Å². The molecular weight excluding hydrogens is 212 g/mol. The molecule has 0 atom stereocenters. The molecule has 0 bridgehead atoms. The SMILES string of the molecule is c1cnc2c(c1)c1cncnc1c1cccn12. The summed E-state index contributed by atoms with van der Waals surface area (Å²) in [5.41, 5.74) is 2.97. The van der Waals surface area contributed by atoms with Crippen LogP contribution in [0.25, 0.3) is 27.5 Å². The van der Waals surface area contributed by atoms with E-state index < -0.39 is 0 Å². The van der Waals surface area contributed by atoms with Crippen molar-refractivity contribution in [3.63, 3.8) is 0 Å². The molecule has 0 amide bonds. The topological polar surface area (TPSA) is 43.1 Å². The van der Waals surface area contributed by atoms with Crippen LogP contribution in [0.5, 0.6) is 0 Å². The summed E-state index contributed by atoms with van der Waals surface area (Å²) in [4.78, 5) is 12.9. The maximum absolute atomic E-state index is 4.44. The van der Waals surface area contributed by atoms with Crippen LogP contribution in [0.1, 0.15) is 0 Å². The molecule has 0 aliphatic rings. The summed E-state index contributed by atoms with van der Waals surface area (Å²) in [6, 6.07) is 8.03. The van der Waals surface area contributed by atoms with Crippen LogP contribution < -0.4 is 0 Å². The molecule has 0 saturated heterocycles. The predicted molar refractivity (Wildman–Crippen MR) is 65.8 cm³/mol. The van der Waals surface area contributed by atoms with E-state index in [1.807, 2.05) is 36.7 Å². The van der Waals surface area contributed by atoms with Crippen molar-refractivity contribution in [3.05, 3.63) is 49.2 Å². The average molecular weight is 220 g/mol. The molecule has 4 rings (SSSR count). The Morgan fingerprint density at radius 3 is 3.00 bits per heavy atom. The molecule has 80 valence electrons. The van der Waals surface area contributed by atoms with Gasteiger partial charge in [-0.1, -0.05) is 0 Å². The maximum atomic E-state index is 4.44. The average Bonchev–Trinajstić information content (AvgIpc) is 2.89. The molecular formula is C13H8N4. The molecule has 4 nitrogen and oxygen atoms in total. The lowest BCUT2D eigenvalue weighted by Gasteiger charge is -2.06. The van der Waals surface area contributed by atoms with Crippen LogP contribution in [-0.4, -0.2) is 19.4 Å². The minimum absolute atomic E-state index is 0.940. The fourth-order valence-corrected chi connectivity index (χ4v) is 2.29. The number of hydrogen-bond donors (Lipinski definition) is 0. The number of fused-ring (bicyclic) bond motifs is 6. The molecule has 17 heavy (non-hydrogen) atoms. The Morgan fingerprint density at radius 1 is 1.00 bits per heavy atom. The molecule has 0 saturated carbocycles. The van der Waals surface area contributed by atoms with Crippen LogP contribution in [0.3, 0.4) is 0 Å². The molecule has 0 spiro atoms. The van der Waals surface area contributed by atoms with E-state index in [2.05, 4.69) is 19.4 Å². The maximum Gasteiger partial charge on any atom is 0.145 e. The largest absolute Gasteiger partial charge is 0.299 e. The number of hydrogen-bond acceptors (Lipinski definition) is 3. The number of pyridine rings is 2. The van der Waals surface area contributed by atoms with Gasteiger partial charge in [0.15, 0.2) is 0 Å². The summed E-state index contributed by atoms with van der Waals surface area (Å²) in [6.07, 6.45) is 7.24. The molecule has 0 aromatic carbocycles. The van der Waals surface area contributed by atoms with Crippen molar-refractivity contribution in [3.8, 4) is 0 Å². The fourth-order valence-electron chi connectivity index (χ4n) is 2.29. The monoisotopic (exact) mass is 220 g/mol. The Morgan fingerprint density at radius 2 is 2.00 bits per heavy atom. The molecule has 0 unspecified atom stereocenters. The van der Waals surface area contributed by atoms with E-state index in [1.54, 1.807) is 12.5 Å². The van der Waals surface area contributed by atoms with Crippen LogP contribution in [0.4, 0.5) is 0 Å². The smallest absolute Gasteiger partial charge is 0.145 e. The zero-order chi connectivity index (χ0) is 11.2. The number of nitrogens with zero attached hydrogens (tertiary/aromatic N) is 4. The van der Waals surface area contributed by atoms with Crippen molar-refractivity contribution >= 4 is 27.5 Å². The minimum atomic E-state index is 0.940. The van der Waals surface area contributed by atoms with Gasteiger partial charge in [-0.05, 0) is 24.3 Å². The van der Waals surface area contributed by atoms with Gasteiger partial charge in [0.1, 0.15) is 12.0 Å². The number of rotatable bonds is 0. The summed E-state index contributed by atoms with van der Waals surface area (Å²) < 4.78 is 2.06. The van der Waals surface area contributed by atoms with Gasteiger partial charge in [-0.2, -0.15) is 0 Å². The van der Waals surface area contributed by atoms with Gasteiger partial charge >= 0.3 is 0 Å². The highest BCUT2D eigenvalue weighted by Crippen LogP contribution is 2.26. The van der Waals surface area contributed by atoms with Crippen molar-refractivity contribution in [2.24, 2.45) is 0 Å². The Balaban J connectivity index is 2.48. The molecule has 4 aromatic heterocycles. The second-order valence-electron chi connectivity index (χ2n) is 3.92. The first kappa shape index (κ1) is 8.64. The third-order valence-electron chi connectivity index (χ3n) is 3.01. The Bertz CT molecular complexity index is 778.